The summed E-state index contributed by atoms with van der Waals surface area (Å²) in [6.45, 7) is 0.996. The Labute approximate surface area is 179 Å². The number of aromatic nitrogens is 1. The van der Waals surface area contributed by atoms with Crippen molar-refractivity contribution in [2.45, 2.75) is 45.1 Å². The first-order chi connectivity index (χ1) is 14.5. The van der Waals surface area contributed by atoms with Gasteiger partial charge in [-0.1, -0.05) is 73.9 Å². The second kappa shape index (κ2) is 11.2. The summed E-state index contributed by atoms with van der Waals surface area (Å²) in [6.07, 6.45) is 10.2. The van der Waals surface area contributed by atoms with E-state index < -0.39 is 7.60 Å². The number of nitrogens with zero attached hydrogens (tertiary/aromatic N) is 1. The molecule has 1 aromatic heterocycles. The van der Waals surface area contributed by atoms with Crippen LogP contribution in [0.5, 0.6) is 0 Å². The van der Waals surface area contributed by atoms with Crippen LogP contribution in [-0.4, -0.2) is 15.9 Å². The quantitative estimate of drug-likeness (QED) is 0.231. The largest absolute Gasteiger partial charge is 0.325 e. The molecule has 2 aromatic carbocycles. The van der Waals surface area contributed by atoms with Crippen LogP contribution in [0.3, 0.4) is 0 Å². The molecule has 0 atom stereocenters. The zero-order chi connectivity index (χ0) is 21.2. The number of aryl methyl sites for hydroxylation is 1. The SMILES string of the molecule is O=P(O)(O)CCCCCCCC[n+]1ccc(-c2ccc(-c3ccccc3)cc2)cc1. The van der Waals surface area contributed by atoms with E-state index in [1.54, 1.807) is 0 Å². The maximum atomic E-state index is 10.8. The number of hydrogen-bond acceptors (Lipinski definition) is 1. The van der Waals surface area contributed by atoms with Crippen LogP contribution in [0.2, 0.25) is 0 Å². The molecule has 0 saturated carbocycles. The fourth-order valence-corrected chi connectivity index (χ4v) is 4.24. The van der Waals surface area contributed by atoms with Crippen molar-refractivity contribution in [3.8, 4) is 22.3 Å². The third-order valence-electron chi connectivity index (χ3n) is 5.33. The van der Waals surface area contributed by atoms with E-state index in [1.807, 2.05) is 6.07 Å². The van der Waals surface area contributed by atoms with Gasteiger partial charge in [0.2, 0.25) is 0 Å². The fourth-order valence-electron chi connectivity index (χ4n) is 3.60. The maximum Gasteiger partial charge on any atom is 0.325 e. The molecule has 3 rings (SSSR count). The topological polar surface area (TPSA) is 61.4 Å². The van der Waals surface area contributed by atoms with E-state index in [1.165, 1.54) is 22.3 Å². The fraction of sp³-hybridized carbons (Fsp3) is 0.320. The van der Waals surface area contributed by atoms with Gasteiger partial charge in [-0.2, -0.15) is 0 Å². The van der Waals surface area contributed by atoms with Crippen LogP contribution >= 0.6 is 7.60 Å². The molecule has 4 nitrogen and oxygen atoms in total. The molecule has 0 spiro atoms. The minimum atomic E-state index is -3.81. The van der Waals surface area contributed by atoms with Gasteiger partial charge in [0.25, 0.3) is 0 Å². The predicted octanol–water partition coefficient (Wildman–Crippen LogP) is 5.83. The van der Waals surface area contributed by atoms with Gasteiger partial charge in [0, 0.05) is 24.7 Å². The second-order valence-electron chi connectivity index (χ2n) is 7.78. The van der Waals surface area contributed by atoms with Crippen molar-refractivity contribution in [2.24, 2.45) is 0 Å². The van der Waals surface area contributed by atoms with E-state index in [2.05, 4.69) is 77.6 Å². The van der Waals surface area contributed by atoms with E-state index >= 15 is 0 Å². The molecule has 158 valence electrons. The lowest BCUT2D eigenvalue weighted by Crippen LogP contribution is -2.32. The first-order valence-electron chi connectivity index (χ1n) is 10.7. The summed E-state index contributed by atoms with van der Waals surface area (Å²) in [5, 5.41) is 0. The lowest BCUT2D eigenvalue weighted by molar-refractivity contribution is -0.697. The van der Waals surface area contributed by atoms with Crippen molar-refractivity contribution in [1.82, 2.24) is 0 Å². The molecular formula is C25H31NO3P+. The maximum absolute atomic E-state index is 10.8. The lowest BCUT2D eigenvalue weighted by Gasteiger charge is -2.05. The van der Waals surface area contributed by atoms with Crippen LogP contribution in [-0.2, 0) is 11.1 Å². The summed E-state index contributed by atoms with van der Waals surface area (Å²) >= 11 is 0. The first kappa shape index (κ1) is 22.4. The Kier molecular flexibility index (Phi) is 8.39. The zero-order valence-corrected chi connectivity index (χ0v) is 18.3. The molecule has 5 heteroatoms. The van der Waals surface area contributed by atoms with Crippen LogP contribution < -0.4 is 4.57 Å². The van der Waals surface area contributed by atoms with Gasteiger partial charge in [0.15, 0.2) is 12.4 Å². The number of hydrogen-bond donors (Lipinski definition) is 2. The predicted molar refractivity (Wildman–Crippen MR) is 122 cm³/mol. The average Bonchev–Trinajstić information content (AvgIpc) is 2.76. The Balaban J connectivity index is 1.40. The summed E-state index contributed by atoms with van der Waals surface area (Å²) in [7, 11) is -3.81. The van der Waals surface area contributed by atoms with Crippen LogP contribution in [0.1, 0.15) is 38.5 Å². The molecule has 0 aliphatic carbocycles. The molecule has 0 unspecified atom stereocenters. The molecule has 0 aliphatic heterocycles. The van der Waals surface area contributed by atoms with E-state index in [-0.39, 0.29) is 6.16 Å². The first-order valence-corrected chi connectivity index (χ1v) is 12.5. The van der Waals surface area contributed by atoms with Crippen LogP contribution in [0, 0.1) is 0 Å². The van der Waals surface area contributed by atoms with E-state index in [0.29, 0.717) is 6.42 Å². The third-order valence-corrected chi connectivity index (χ3v) is 6.23. The van der Waals surface area contributed by atoms with Gasteiger partial charge in [-0.05, 0) is 35.1 Å². The molecule has 1 heterocycles. The van der Waals surface area contributed by atoms with Crippen molar-refractivity contribution >= 4 is 7.60 Å². The van der Waals surface area contributed by atoms with Crippen LogP contribution in [0.4, 0.5) is 0 Å². The van der Waals surface area contributed by atoms with Crippen molar-refractivity contribution in [1.29, 1.82) is 0 Å². The minimum Gasteiger partial charge on any atom is -0.324 e. The Hall–Kier alpha value is -2.26. The Morgan fingerprint density at radius 1 is 0.600 bits per heavy atom. The highest BCUT2D eigenvalue weighted by molar-refractivity contribution is 7.51. The number of benzene rings is 2. The molecule has 0 aliphatic rings. The molecule has 3 aromatic rings. The molecule has 0 saturated heterocycles. The number of unbranched alkanes of at least 4 members (excludes halogenated alkanes) is 5. The Bertz CT molecular complexity index is 934. The number of pyridine rings is 1. The highest BCUT2D eigenvalue weighted by Crippen LogP contribution is 2.35. The standard InChI is InChI=1S/C25H30NO3P/c27-30(28,29)21-9-4-2-1-3-8-18-26-19-16-25(17-20-26)24-14-12-23(13-15-24)22-10-6-5-7-11-22/h5-7,10-17,19-20H,1-4,8-9,18,21H2,(H-,27,28,29)/p+1. The average molecular weight is 425 g/mol. The summed E-state index contributed by atoms with van der Waals surface area (Å²) in [6, 6.07) is 23.4. The van der Waals surface area contributed by atoms with Crippen molar-refractivity contribution < 1.29 is 18.9 Å². The molecule has 0 radical (unpaired) electrons. The zero-order valence-electron chi connectivity index (χ0n) is 17.4. The summed E-state index contributed by atoms with van der Waals surface area (Å²) < 4.78 is 13.0. The van der Waals surface area contributed by atoms with E-state index in [0.717, 1.165) is 38.6 Å². The molecule has 0 fully saturated rings. The molecule has 30 heavy (non-hydrogen) atoms. The molecule has 2 N–H and O–H groups in total. The van der Waals surface area contributed by atoms with E-state index in [4.69, 9.17) is 9.79 Å². The second-order valence-corrected chi connectivity index (χ2v) is 9.55. The Morgan fingerprint density at radius 2 is 1.07 bits per heavy atom. The minimum absolute atomic E-state index is 0.0180. The summed E-state index contributed by atoms with van der Waals surface area (Å²) in [5.41, 5.74) is 4.90. The summed E-state index contributed by atoms with van der Waals surface area (Å²) in [5.74, 6) is 0. The highest BCUT2D eigenvalue weighted by atomic mass is 31.2. The van der Waals surface area contributed by atoms with Gasteiger partial charge >= 0.3 is 7.60 Å². The van der Waals surface area contributed by atoms with Crippen molar-refractivity contribution in [3.05, 3.63) is 79.1 Å². The van der Waals surface area contributed by atoms with Gasteiger partial charge in [-0.25, -0.2) is 4.57 Å². The van der Waals surface area contributed by atoms with Crippen molar-refractivity contribution in [2.75, 3.05) is 6.16 Å². The normalized spacial score (nSPS) is 11.5. The molecule has 0 bridgehead atoms. The lowest BCUT2D eigenvalue weighted by atomic mass is 10.0. The van der Waals surface area contributed by atoms with E-state index in [9.17, 15) is 4.57 Å². The van der Waals surface area contributed by atoms with Gasteiger partial charge in [-0.3, -0.25) is 4.57 Å². The number of rotatable bonds is 11. The van der Waals surface area contributed by atoms with Crippen LogP contribution in [0.25, 0.3) is 22.3 Å². The van der Waals surface area contributed by atoms with Gasteiger partial charge in [0.05, 0.1) is 0 Å². The smallest absolute Gasteiger partial charge is 0.324 e. The van der Waals surface area contributed by atoms with Gasteiger partial charge in [0.1, 0.15) is 6.54 Å². The third kappa shape index (κ3) is 7.53. The van der Waals surface area contributed by atoms with Gasteiger partial charge < -0.3 is 9.79 Å². The monoisotopic (exact) mass is 424 g/mol. The molecule has 0 amide bonds. The highest BCUT2D eigenvalue weighted by Gasteiger charge is 2.11. The Morgan fingerprint density at radius 3 is 1.63 bits per heavy atom. The van der Waals surface area contributed by atoms with Crippen molar-refractivity contribution in [3.63, 3.8) is 0 Å². The summed E-state index contributed by atoms with van der Waals surface area (Å²) in [4.78, 5) is 17.7. The van der Waals surface area contributed by atoms with Gasteiger partial charge in [-0.15, -0.1) is 0 Å². The van der Waals surface area contributed by atoms with Crippen LogP contribution in [0.15, 0.2) is 79.1 Å². The molecular weight excluding hydrogens is 393 g/mol.